The van der Waals surface area contributed by atoms with Crippen LogP contribution in [0.4, 0.5) is 13.2 Å². The molecule has 1 aromatic rings. The molecule has 15 heavy (non-hydrogen) atoms. The highest BCUT2D eigenvalue weighted by Crippen LogP contribution is 2.14. The van der Waals surface area contributed by atoms with Gasteiger partial charge in [0.25, 0.3) is 5.89 Å². The van der Waals surface area contributed by atoms with E-state index in [0.29, 0.717) is 0 Å². The third-order valence-electron chi connectivity index (χ3n) is 1.38. The summed E-state index contributed by atoms with van der Waals surface area (Å²) in [6.45, 7) is -1.84. The lowest BCUT2D eigenvalue weighted by molar-refractivity contribution is -0.173. The number of alkyl halides is 3. The summed E-state index contributed by atoms with van der Waals surface area (Å²) < 4.78 is 43.8. The summed E-state index contributed by atoms with van der Waals surface area (Å²) in [5, 5.41) is 12.0. The molecule has 1 rings (SSSR count). The molecular weight excluding hydrogens is 217 g/mol. The molecule has 5 nitrogen and oxygen atoms in total. The van der Waals surface area contributed by atoms with E-state index < -0.39 is 19.4 Å². The van der Waals surface area contributed by atoms with Gasteiger partial charge in [-0.05, 0) is 0 Å². The maximum Gasteiger partial charge on any atom is 0.411 e. The first-order valence-electron chi connectivity index (χ1n) is 4.08. The summed E-state index contributed by atoms with van der Waals surface area (Å²) in [7, 11) is 0. The molecule has 0 aliphatic carbocycles. The van der Waals surface area contributed by atoms with Crippen molar-refractivity contribution >= 4 is 0 Å². The molecule has 0 fully saturated rings. The van der Waals surface area contributed by atoms with Crippen LogP contribution >= 0.6 is 0 Å². The van der Waals surface area contributed by atoms with E-state index in [1.165, 1.54) is 0 Å². The van der Waals surface area contributed by atoms with Crippen LogP contribution in [0, 0.1) is 0 Å². The zero-order valence-electron chi connectivity index (χ0n) is 7.62. The van der Waals surface area contributed by atoms with E-state index >= 15 is 0 Å². The van der Waals surface area contributed by atoms with Crippen molar-refractivity contribution in [3.8, 4) is 0 Å². The first-order chi connectivity index (χ1) is 7.01. The number of ether oxygens (including phenoxy) is 1. The van der Waals surface area contributed by atoms with Crippen LogP contribution in [0.5, 0.6) is 0 Å². The Morgan fingerprint density at radius 3 is 2.67 bits per heavy atom. The maximum absolute atomic E-state index is 11.6. The van der Waals surface area contributed by atoms with Crippen LogP contribution in [-0.2, 0) is 17.8 Å². The van der Waals surface area contributed by atoms with E-state index in [1.807, 2.05) is 0 Å². The third kappa shape index (κ3) is 4.75. The molecular formula is C7H9F3N2O3. The molecule has 0 spiro atoms. The predicted octanol–water partition coefficient (Wildman–Crippen LogP) is 0.683. The predicted molar refractivity (Wildman–Crippen MR) is 40.8 cm³/mol. The fraction of sp³-hybridized carbons (Fsp3) is 0.714. The van der Waals surface area contributed by atoms with Crippen LogP contribution in [0.1, 0.15) is 11.7 Å². The van der Waals surface area contributed by atoms with Crippen molar-refractivity contribution in [3.05, 3.63) is 11.7 Å². The molecule has 0 radical (unpaired) electrons. The van der Waals surface area contributed by atoms with Crippen molar-refractivity contribution in [3.63, 3.8) is 0 Å². The second-order valence-electron chi connectivity index (χ2n) is 2.68. The van der Waals surface area contributed by atoms with Crippen molar-refractivity contribution in [2.45, 2.75) is 19.2 Å². The molecule has 0 unspecified atom stereocenters. The van der Waals surface area contributed by atoms with Gasteiger partial charge in [0.2, 0.25) is 0 Å². The number of aliphatic hydroxyl groups excluding tert-OH is 1. The highest BCUT2D eigenvalue weighted by Gasteiger charge is 2.27. The zero-order chi connectivity index (χ0) is 11.3. The van der Waals surface area contributed by atoms with E-state index in [-0.39, 0.29) is 24.7 Å². The Bertz CT molecular complexity index is 300. The van der Waals surface area contributed by atoms with E-state index in [4.69, 9.17) is 5.11 Å². The van der Waals surface area contributed by atoms with Gasteiger partial charge in [0.15, 0.2) is 5.82 Å². The minimum atomic E-state index is -4.33. The standard InChI is InChI=1S/C7H9F3N2O3/c8-7(9,10)4-14-2-1-5-11-6(3-13)15-12-5/h13H,1-4H2. The molecule has 0 saturated heterocycles. The van der Waals surface area contributed by atoms with Gasteiger partial charge in [0.1, 0.15) is 13.2 Å². The van der Waals surface area contributed by atoms with Gasteiger partial charge in [-0.25, -0.2) is 0 Å². The third-order valence-corrected chi connectivity index (χ3v) is 1.38. The van der Waals surface area contributed by atoms with Gasteiger partial charge in [-0.1, -0.05) is 5.16 Å². The zero-order valence-corrected chi connectivity index (χ0v) is 7.62. The summed E-state index contributed by atoms with van der Waals surface area (Å²) in [6, 6.07) is 0. The summed E-state index contributed by atoms with van der Waals surface area (Å²) in [5.74, 6) is 0.238. The number of aromatic nitrogens is 2. The molecule has 0 amide bonds. The van der Waals surface area contributed by atoms with Crippen molar-refractivity contribution in [2.75, 3.05) is 13.2 Å². The van der Waals surface area contributed by atoms with Crippen LogP contribution in [0.2, 0.25) is 0 Å². The molecule has 86 valence electrons. The lowest BCUT2D eigenvalue weighted by Gasteiger charge is -2.05. The summed E-state index contributed by atoms with van der Waals surface area (Å²) in [5.41, 5.74) is 0. The Kier molecular flexibility index (Phi) is 4.04. The van der Waals surface area contributed by atoms with Crippen molar-refractivity contribution < 1.29 is 27.5 Å². The molecule has 1 heterocycles. The van der Waals surface area contributed by atoms with E-state index in [1.54, 1.807) is 0 Å². The Balaban J connectivity index is 2.20. The normalized spacial score (nSPS) is 12.0. The summed E-state index contributed by atoms with van der Waals surface area (Å²) in [4.78, 5) is 3.67. The van der Waals surface area contributed by atoms with Gasteiger partial charge in [0, 0.05) is 6.42 Å². The van der Waals surface area contributed by atoms with Gasteiger partial charge in [0.05, 0.1) is 6.61 Å². The minimum Gasteiger partial charge on any atom is -0.387 e. The van der Waals surface area contributed by atoms with Crippen molar-refractivity contribution in [1.82, 2.24) is 10.1 Å². The Labute approximate surface area is 82.8 Å². The fourth-order valence-electron chi connectivity index (χ4n) is 0.807. The topological polar surface area (TPSA) is 68.4 Å². The first kappa shape index (κ1) is 11.9. The minimum absolute atomic E-state index is 0.0285. The molecule has 0 atom stereocenters. The molecule has 0 aliphatic heterocycles. The van der Waals surface area contributed by atoms with Gasteiger partial charge in [-0.3, -0.25) is 0 Å². The van der Waals surface area contributed by atoms with Crippen molar-refractivity contribution in [2.24, 2.45) is 0 Å². The van der Waals surface area contributed by atoms with Gasteiger partial charge in [-0.2, -0.15) is 18.2 Å². The second kappa shape index (κ2) is 5.08. The lowest BCUT2D eigenvalue weighted by Crippen LogP contribution is -2.18. The number of hydrogen-bond acceptors (Lipinski definition) is 5. The number of nitrogens with zero attached hydrogens (tertiary/aromatic N) is 2. The SMILES string of the molecule is OCc1nc(CCOCC(F)(F)F)no1. The van der Waals surface area contributed by atoms with Crippen LogP contribution < -0.4 is 0 Å². The smallest absolute Gasteiger partial charge is 0.387 e. The monoisotopic (exact) mass is 226 g/mol. The molecule has 1 aromatic heterocycles. The molecule has 0 saturated carbocycles. The number of rotatable bonds is 5. The Hall–Kier alpha value is -1.15. The quantitative estimate of drug-likeness (QED) is 0.748. The Morgan fingerprint density at radius 1 is 1.40 bits per heavy atom. The van der Waals surface area contributed by atoms with Gasteiger partial charge in [-0.15, -0.1) is 0 Å². The lowest BCUT2D eigenvalue weighted by atomic mass is 10.4. The number of hydrogen-bond donors (Lipinski definition) is 1. The van der Waals surface area contributed by atoms with Crippen LogP contribution in [-0.4, -0.2) is 34.6 Å². The van der Waals surface area contributed by atoms with Crippen LogP contribution in [0.3, 0.4) is 0 Å². The molecule has 0 aliphatic rings. The average Bonchev–Trinajstić information content (AvgIpc) is 2.59. The van der Waals surface area contributed by atoms with E-state index in [9.17, 15) is 13.2 Å². The van der Waals surface area contributed by atoms with Crippen LogP contribution in [0.15, 0.2) is 4.52 Å². The Morgan fingerprint density at radius 2 is 2.13 bits per heavy atom. The summed E-state index contributed by atoms with van der Waals surface area (Å²) in [6.07, 6.45) is -4.22. The van der Waals surface area contributed by atoms with E-state index in [2.05, 4.69) is 19.4 Å². The fourth-order valence-corrected chi connectivity index (χ4v) is 0.807. The molecule has 0 bridgehead atoms. The summed E-state index contributed by atoms with van der Waals surface area (Å²) >= 11 is 0. The van der Waals surface area contributed by atoms with E-state index in [0.717, 1.165) is 0 Å². The molecule has 1 N–H and O–H groups in total. The first-order valence-corrected chi connectivity index (χ1v) is 4.08. The van der Waals surface area contributed by atoms with Gasteiger partial charge < -0.3 is 14.4 Å². The highest BCUT2D eigenvalue weighted by molar-refractivity contribution is 4.84. The largest absolute Gasteiger partial charge is 0.411 e. The molecule has 8 heteroatoms. The number of halogens is 3. The van der Waals surface area contributed by atoms with Crippen molar-refractivity contribution in [1.29, 1.82) is 0 Å². The van der Waals surface area contributed by atoms with Crippen LogP contribution in [0.25, 0.3) is 0 Å². The average molecular weight is 226 g/mol. The van der Waals surface area contributed by atoms with Gasteiger partial charge >= 0.3 is 6.18 Å². The second-order valence-corrected chi connectivity index (χ2v) is 2.68. The number of aliphatic hydroxyl groups is 1. The maximum atomic E-state index is 11.6. The molecule has 0 aromatic carbocycles. The highest BCUT2D eigenvalue weighted by atomic mass is 19.4.